The molecule has 2 aromatic heterocycles. The molecule has 0 saturated carbocycles. The zero-order chi connectivity index (χ0) is 19.2. The van der Waals surface area contributed by atoms with E-state index in [2.05, 4.69) is 47.1 Å². The average molecular weight is 447 g/mol. The lowest BCUT2D eigenvalue weighted by molar-refractivity contribution is -0.115. The number of hydrogen-bond donors (Lipinski definition) is 3. The lowest BCUT2D eigenvalue weighted by Gasteiger charge is -2.09. The van der Waals surface area contributed by atoms with Gasteiger partial charge in [-0.05, 0) is 42.8 Å². The first-order valence-electron chi connectivity index (χ1n) is 7.87. The van der Waals surface area contributed by atoms with Crippen LogP contribution in [0.2, 0.25) is 0 Å². The van der Waals surface area contributed by atoms with Gasteiger partial charge < -0.3 is 10.6 Å². The smallest absolute Gasteiger partial charge is 0.321 e. The van der Waals surface area contributed by atoms with E-state index in [0.717, 1.165) is 10.0 Å². The molecule has 0 unspecified atom stereocenters. The molecule has 0 atom stereocenters. The Bertz CT molecular complexity index is 963. The van der Waals surface area contributed by atoms with Gasteiger partial charge in [-0.2, -0.15) is 0 Å². The second-order valence-electron chi connectivity index (χ2n) is 5.44. The standard InChI is InChI=1S/C17H15BrN6O2S/c1-10-8-11(18)5-6-12(10)21-14(25)9-20-16(26)22-17-24-23-15(27-17)13-4-2-3-7-19-13/h2-8H,9H2,1H3,(H,21,25)(H2,20,22,24,26). The number of benzene rings is 1. The van der Waals surface area contributed by atoms with Crippen molar-refractivity contribution < 1.29 is 9.59 Å². The molecule has 138 valence electrons. The highest BCUT2D eigenvalue weighted by molar-refractivity contribution is 9.10. The summed E-state index contributed by atoms with van der Waals surface area (Å²) in [5, 5.41) is 16.6. The number of carbonyl (C=O) groups excluding carboxylic acids is 2. The van der Waals surface area contributed by atoms with Crippen molar-refractivity contribution in [3.63, 3.8) is 0 Å². The van der Waals surface area contributed by atoms with Crippen molar-refractivity contribution >= 4 is 50.0 Å². The van der Waals surface area contributed by atoms with Crippen molar-refractivity contribution in [2.75, 3.05) is 17.2 Å². The minimum atomic E-state index is -0.540. The molecule has 0 aliphatic carbocycles. The van der Waals surface area contributed by atoms with E-state index in [1.54, 1.807) is 24.4 Å². The highest BCUT2D eigenvalue weighted by Gasteiger charge is 2.11. The Morgan fingerprint density at radius 2 is 2.00 bits per heavy atom. The summed E-state index contributed by atoms with van der Waals surface area (Å²) < 4.78 is 0.928. The van der Waals surface area contributed by atoms with E-state index >= 15 is 0 Å². The molecule has 2 heterocycles. The number of carbonyl (C=O) groups is 2. The van der Waals surface area contributed by atoms with E-state index < -0.39 is 6.03 Å². The molecule has 3 amide bonds. The monoisotopic (exact) mass is 446 g/mol. The molecule has 0 saturated heterocycles. The van der Waals surface area contributed by atoms with E-state index in [1.165, 1.54) is 11.3 Å². The van der Waals surface area contributed by atoms with Gasteiger partial charge in [-0.1, -0.05) is 33.3 Å². The topological polar surface area (TPSA) is 109 Å². The largest absolute Gasteiger partial charge is 0.329 e. The molecule has 27 heavy (non-hydrogen) atoms. The minimum absolute atomic E-state index is 0.173. The van der Waals surface area contributed by atoms with Crippen LogP contribution in [0.1, 0.15) is 5.56 Å². The third kappa shape index (κ3) is 5.31. The van der Waals surface area contributed by atoms with Crippen LogP contribution in [0, 0.1) is 6.92 Å². The third-order valence-corrected chi connectivity index (χ3v) is 4.76. The van der Waals surface area contributed by atoms with Crippen LogP contribution < -0.4 is 16.0 Å². The Labute approximate surface area is 167 Å². The van der Waals surface area contributed by atoms with Gasteiger partial charge in [-0.25, -0.2) is 4.79 Å². The Kier molecular flexibility index (Phi) is 6.09. The van der Waals surface area contributed by atoms with Gasteiger partial charge in [0.25, 0.3) is 0 Å². The third-order valence-electron chi connectivity index (χ3n) is 3.40. The summed E-state index contributed by atoms with van der Waals surface area (Å²) >= 11 is 4.56. The summed E-state index contributed by atoms with van der Waals surface area (Å²) in [5.74, 6) is -0.331. The van der Waals surface area contributed by atoms with Gasteiger partial charge in [0.15, 0.2) is 5.01 Å². The van der Waals surface area contributed by atoms with Crippen molar-refractivity contribution in [2.45, 2.75) is 6.92 Å². The van der Waals surface area contributed by atoms with Crippen LogP contribution in [0.3, 0.4) is 0 Å². The predicted octanol–water partition coefficient (Wildman–Crippen LogP) is 3.43. The molecule has 0 spiro atoms. The Hall–Kier alpha value is -2.85. The number of anilines is 2. The highest BCUT2D eigenvalue weighted by atomic mass is 79.9. The molecule has 1 aromatic carbocycles. The average Bonchev–Trinajstić information content (AvgIpc) is 3.11. The summed E-state index contributed by atoms with van der Waals surface area (Å²) in [6, 6.07) is 10.4. The fraction of sp³-hybridized carbons (Fsp3) is 0.118. The summed E-state index contributed by atoms with van der Waals surface area (Å²) in [6.45, 7) is 1.71. The van der Waals surface area contributed by atoms with Gasteiger partial charge in [0.05, 0.1) is 6.54 Å². The Balaban J connectivity index is 1.49. The molecule has 0 aliphatic heterocycles. The molecular weight excluding hydrogens is 432 g/mol. The molecule has 3 N–H and O–H groups in total. The Morgan fingerprint density at radius 1 is 1.15 bits per heavy atom. The summed E-state index contributed by atoms with van der Waals surface area (Å²) in [4.78, 5) is 28.1. The molecule has 3 aromatic rings. The minimum Gasteiger partial charge on any atom is -0.329 e. The first-order chi connectivity index (χ1) is 13.0. The van der Waals surface area contributed by atoms with Crippen LogP contribution in [-0.4, -0.2) is 33.7 Å². The molecule has 10 heteroatoms. The predicted molar refractivity (Wildman–Crippen MR) is 108 cm³/mol. The zero-order valence-corrected chi connectivity index (χ0v) is 16.6. The normalized spacial score (nSPS) is 10.3. The first-order valence-corrected chi connectivity index (χ1v) is 9.48. The SMILES string of the molecule is Cc1cc(Br)ccc1NC(=O)CNC(=O)Nc1nnc(-c2ccccn2)s1. The van der Waals surface area contributed by atoms with Gasteiger partial charge in [0.2, 0.25) is 11.0 Å². The summed E-state index contributed by atoms with van der Waals surface area (Å²) in [6.07, 6.45) is 1.66. The molecule has 8 nitrogen and oxygen atoms in total. The van der Waals surface area contributed by atoms with Crippen molar-refractivity contribution in [2.24, 2.45) is 0 Å². The van der Waals surface area contributed by atoms with Crippen LogP contribution in [0.5, 0.6) is 0 Å². The number of nitrogens with zero attached hydrogens (tertiary/aromatic N) is 3. The van der Waals surface area contributed by atoms with E-state index in [9.17, 15) is 9.59 Å². The molecular formula is C17H15BrN6O2S. The lowest BCUT2D eigenvalue weighted by Crippen LogP contribution is -2.35. The van der Waals surface area contributed by atoms with Gasteiger partial charge >= 0.3 is 6.03 Å². The molecule has 0 fully saturated rings. The van der Waals surface area contributed by atoms with Crippen LogP contribution >= 0.6 is 27.3 Å². The maximum absolute atomic E-state index is 12.0. The maximum atomic E-state index is 12.0. The van der Waals surface area contributed by atoms with Crippen LogP contribution in [0.25, 0.3) is 10.7 Å². The van der Waals surface area contributed by atoms with Crippen LogP contribution in [0.15, 0.2) is 47.1 Å². The number of rotatable bonds is 5. The van der Waals surface area contributed by atoms with E-state index in [-0.39, 0.29) is 12.5 Å². The van der Waals surface area contributed by atoms with Gasteiger partial charge in [0.1, 0.15) is 5.69 Å². The first kappa shape index (κ1) is 18.9. The maximum Gasteiger partial charge on any atom is 0.321 e. The molecule has 0 aliphatic rings. The van der Waals surface area contributed by atoms with Crippen LogP contribution in [0.4, 0.5) is 15.6 Å². The zero-order valence-electron chi connectivity index (χ0n) is 14.2. The number of urea groups is 1. The van der Waals surface area contributed by atoms with Crippen molar-refractivity contribution in [3.8, 4) is 10.7 Å². The summed E-state index contributed by atoms with van der Waals surface area (Å²) in [7, 11) is 0. The highest BCUT2D eigenvalue weighted by Crippen LogP contribution is 2.24. The van der Waals surface area contributed by atoms with Crippen molar-refractivity contribution in [3.05, 3.63) is 52.6 Å². The van der Waals surface area contributed by atoms with Gasteiger partial charge in [0, 0.05) is 16.4 Å². The van der Waals surface area contributed by atoms with Crippen LogP contribution in [-0.2, 0) is 4.79 Å². The van der Waals surface area contributed by atoms with E-state index in [0.29, 0.717) is 21.5 Å². The van der Waals surface area contributed by atoms with Gasteiger partial charge in [-0.3, -0.25) is 15.1 Å². The number of amides is 3. The second kappa shape index (κ2) is 8.69. The van der Waals surface area contributed by atoms with Gasteiger partial charge in [-0.15, -0.1) is 10.2 Å². The molecule has 3 rings (SSSR count). The quantitative estimate of drug-likeness (QED) is 0.555. The number of halogens is 1. The number of aryl methyl sites for hydroxylation is 1. The van der Waals surface area contributed by atoms with Crippen molar-refractivity contribution in [1.82, 2.24) is 20.5 Å². The second-order valence-corrected chi connectivity index (χ2v) is 7.34. The number of hydrogen-bond acceptors (Lipinski definition) is 6. The number of pyridine rings is 1. The van der Waals surface area contributed by atoms with E-state index in [4.69, 9.17) is 0 Å². The Morgan fingerprint density at radius 3 is 2.74 bits per heavy atom. The fourth-order valence-corrected chi connectivity index (χ4v) is 3.32. The lowest BCUT2D eigenvalue weighted by atomic mass is 10.2. The number of aromatic nitrogens is 3. The van der Waals surface area contributed by atoms with E-state index in [1.807, 2.05) is 25.1 Å². The molecule has 0 bridgehead atoms. The number of nitrogens with one attached hydrogen (secondary N) is 3. The fourth-order valence-electron chi connectivity index (χ4n) is 2.13. The van der Waals surface area contributed by atoms with Crippen molar-refractivity contribution in [1.29, 1.82) is 0 Å². The molecule has 0 radical (unpaired) electrons. The summed E-state index contributed by atoms with van der Waals surface area (Å²) in [5.41, 5.74) is 2.28.